The van der Waals surface area contributed by atoms with Crippen LogP contribution < -0.4 is 4.90 Å². The van der Waals surface area contributed by atoms with E-state index in [1.54, 1.807) is 12.3 Å². The second kappa shape index (κ2) is 7.27. The minimum Gasteiger partial charge on any atom is -0.478 e. The average molecular weight is 355 g/mol. The number of aromatic carboxylic acids is 1. The number of benzene rings is 1. The van der Waals surface area contributed by atoms with Crippen LogP contribution in [-0.2, 0) is 6.54 Å². The van der Waals surface area contributed by atoms with Gasteiger partial charge in [0, 0.05) is 31.0 Å². The second-order valence-electron chi connectivity index (χ2n) is 5.42. The Bertz CT molecular complexity index is 917. The third-order valence-corrected chi connectivity index (χ3v) is 3.99. The van der Waals surface area contributed by atoms with Gasteiger partial charge in [-0.05, 0) is 29.8 Å². The lowest BCUT2D eigenvalue weighted by atomic mass is 10.2. The number of hydrogen-bond donors (Lipinski definition) is 1. The average Bonchev–Trinajstić information content (AvgIpc) is 2.64. The Kier molecular flexibility index (Phi) is 4.90. The summed E-state index contributed by atoms with van der Waals surface area (Å²) in [4.78, 5) is 25.9. The van der Waals surface area contributed by atoms with E-state index in [0.29, 0.717) is 28.9 Å². The molecule has 25 heavy (non-hydrogen) atoms. The Morgan fingerprint density at radius 3 is 2.64 bits per heavy atom. The van der Waals surface area contributed by atoms with Crippen molar-refractivity contribution in [3.05, 3.63) is 71.0 Å². The van der Waals surface area contributed by atoms with Gasteiger partial charge in [0.2, 0.25) is 5.95 Å². The molecule has 3 rings (SSSR count). The van der Waals surface area contributed by atoms with Gasteiger partial charge >= 0.3 is 5.97 Å². The number of aromatic nitrogens is 3. The van der Waals surface area contributed by atoms with Gasteiger partial charge < -0.3 is 10.0 Å². The van der Waals surface area contributed by atoms with Gasteiger partial charge in [0.05, 0.1) is 17.0 Å². The van der Waals surface area contributed by atoms with Gasteiger partial charge in [0.1, 0.15) is 0 Å². The molecule has 0 bridgehead atoms. The van der Waals surface area contributed by atoms with E-state index in [0.717, 1.165) is 5.56 Å². The molecule has 2 heterocycles. The first kappa shape index (κ1) is 16.9. The number of carbonyl (C=O) groups is 1. The first-order valence-electron chi connectivity index (χ1n) is 7.52. The summed E-state index contributed by atoms with van der Waals surface area (Å²) in [6.45, 7) is 0.547. The van der Waals surface area contributed by atoms with Crippen molar-refractivity contribution in [2.24, 2.45) is 0 Å². The molecule has 3 aromatic rings. The highest BCUT2D eigenvalue weighted by Gasteiger charge is 2.11. The predicted molar refractivity (Wildman–Crippen MR) is 95.8 cm³/mol. The quantitative estimate of drug-likeness (QED) is 0.755. The van der Waals surface area contributed by atoms with Crippen LogP contribution in [0.2, 0.25) is 5.02 Å². The molecule has 2 aromatic heterocycles. The van der Waals surface area contributed by atoms with Gasteiger partial charge in [0.15, 0.2) is 0 Å². The van der Waals surface area contributed by atoms with E-state index >= 15 is 0 Å². The Hall–Kier alpha value is -2.99. The van der Waals surface area contributed by atoms with Crippen molar-refractivity contribution in [3.63, 3.8) is 0 Å². The Morgan fingerprint density at radius 1 is 1.12 bits per heavy atom. The maximum atomic E-state index is 11.1. The Balaban J connectivity index is 1.87. The van der Waals surface area contributed by atoms with Crippen molar-refractivity contribution in [1.82, 2.24) is 15.0 Å². The zero-order valence-electron chi connectivity index (χ0n) is 13.4. The molecule has 0 amide bonds. The molecule has 0 radical (unpaired) electrons. The zero-order chi connectivity index (χ0) is 17.8. The van der Waals surface area contributed by atoms with E-state index in [1.165, 1.54) is 18.3 Å². The normalized spacial score (nSPS) is 10.5. The highest BCUT2D eigenvalue weighted by atomic mass is 35.5. The number of anilines is 1. The summed E-state index contributed by atoms with van der Waals surface area (Å²) in [5.74, 6) is -0.506. The fraction of sp³-hybridized carbons (Fsp3) is 0.111. The van der Waals surface area contributed by atoms with Gasteiger partial charge in [-0.15, -0.1) is 0 Å². The van der Waals surface area contributed by atoms with E-state index in [2.05, 4.69) is 15.0 Å². The lowest BCUT2D eigenvalue weighted by Gasteiger charge is -2.18. The van der Waals surface area contributed by atoms with Crippen LogP contribution in [0.25, 0.3) is 11.4 Å². The molecule has 0 saturated carbocycles. The first-order valence-corrected chi connectivity index (χ1v) is 7.89. The summed E-state index contributed by atoms with van der Waals surface area (Å²) >= 11 is 6.20. The summed E-state index contributed by atoms with van der Waals surface area (Å²) in [6.07, 6.45) is 3.07. The van der Waals surface area contributed by atoms with Crippen LogP contribution in [-0.4, -0.2) is 33.1 Å². The fourth-order valence-corrected chi connectivity index (χ4v) is 2.53. The smallest absolute Gasteiger partial charge is 0.335 e. The first-order chi connectivity index (χ1) is 12.0. The lowest BCUT2D eigenvalue weighted by molar-refractivity contribution is 0.0697. The Labute approximate surface area is 149 Å². The zero-order valence-corrected chi connectivity index (χ0v) is 14.2. The molecule has 7 heteroatoms. The standard InChI is InChI=1S/C18H15ClN4O2/c1-23(11-13-4-2-3-5-14(13)19)18-21-9-7-15(22-18)16-10-12(17(24)25)6-8-20-16/h2-10H,11H2,1H3,(H,24,25). The molecule has 0 aliphatic rings. The summed E-state index contributed by atoms with van der Waals surface area (Å²) in [5.41, 5.74) is 2.16. The van der Waals surface area contributed by atoms with Crippen molar-refractivity contribution in [2.75, 3.05) is 11.9 Å². The minimum atomic E-state index is -1.01. The molecule has 126 valence electrons. The Morgan fingerprint density at radius 2 is 1.88 bits per heavy atom. The third-order valence-electron chi connectivity index (χ3n) is 3.62. The van der Waals surface area contributed by atoms with E-state index in [-0.39, 0.29) is 5.56 Å². The summed E-state index contributed by atoms with van der Waals surface area (Å²) in [7, 11) is 1.86. The van der Waals surface area contributed by atoms with Crippen LogP contribution >= 0.6 is 11.6 Å². The molecule has 0 aliphatic heterocycles. The predicted octanol–water partition coefficient (Wildman–Crippen LogP) is 3.53. The van der Waals surface area contributed by atoms with Gasteiger partial charge in [-0.3, -0.25) is 4.98 Å². The maximum absolute atomic E-state index is 11.1. The number of halogens is 1. The highest BCUT2D eigenvalue weighted by molar-refractivity contribution is 6.31. The fourth-order valence-electron chi connectivity index (χ4n) is 2.33. The molecule has 6 nitrogen and oxygen atoms in total. The summed E-state index contributed by atoms with van der Waals surface area (Å²) in [6, 6.07) is 12.2. The van der Waals surface area contributed by atoms with E-state index < -0.39 is 5.97 Å². The largest absolute Gasteiger partial charge is 0.478 e. The number of rotatable bonds is 5. The third kappa shape index (κ3) is 3.92. The number of nitrogens with zero attached hydrogens (tertiary/aromatic N) is 4. The minimum absolute atomic E-state index is 0.162. The van der Waals surface area contributed by atoms with Crippen LogP contribution in [0.4, 0.5) is 5.95 Å². The molecule has 0 saturated heterocycles. The van der Waals surface area contributed by atoms with Gasteiger partial charge in [-0.25, -0.2) is 14.8 Å². The molecule has 1 aromatic carbocycles. The second-order valence-corrected chi connectivity index (χ2v) is 5.83. The van der Waals surface area contributed by atoms with E-state index in [4.69, 9.17) is 16.7 Å². The number of hydrogen-bond acceptors (Lipinski definition) is 5. The topological polar surface area (TPSA) is 79.2 Å². The number of carboxylic acids is 1. The molecular formula is C18H15ClN4O2. The van der Waals surface area contributed by atoms with Crippen LogP contribution in [0.1, 0.15) is 15.9 Å². The molecule has 1 N–H and O–H groups in total. The lowest BCUT2D eigenvalue weighted by Crippen LogP contribution is -2.19. The van der Waals surface area contributed by atoms with Crippen LogP contribution in [0.15, 0.2) is 54.9 Å². The van der Waals surface area contributed by atoms with Crippen LogP contribution in [0.3, 0.4) is 0 Å². The number of carboxylic acid groups (broad SMARTS) is 1. The van der Waals surface area contributed by atoms with Gasteiger partial charge in [-0.2, -0.15) is 0 Å². The van der Waals surface area contributed by atoms with Crippen molar-refractivity contribution in [1.29, 1.82) is 0 Å². The SMILES string of the molecule is CN(Cc1ccccc1Cl)c1nccc(-c2cc(C(=O)O)ccn2)n1. The van der Waals surface area contributed by atoms with Crippen LogP contribution in [0.5, 0.6) is 0 Å². The van der Waals surface area contributed by atoms with Crippen molar-refractivity contribution in [2.45, 2.75) is 6.54 Å². The number of pyridine rings is 1. The van der Waals surface area contributed by atoms with Crippen LogP contribution in [0, 0.1) is 0 Å². The highest BCUT2D eigenvalue weighted by Crippen LogP contribution is 2.21. The molecule has 0 atom stereocenters. The monoisotopic (exact) mass is 354 g/mol. The van der Waals surface area contributed by atoms with E-state index in [9.17, 15) is 4.79 Å². The van der Waals surface area contributed by atoms with Crippen molar-refractivity contribution >= 4 is 23.5 Å². The van der Waals surface area contributed by atoms with Gasteiger partial charge in [0.25, 0.3) is 0 Å². The van der Waals surface area contributed by atoms with E-state index in [1.807, 2.05) is 36.2 Å². The molecule has 0 aliphatic carbocycles. The van der Waals surface area contributed by atoms with Gasteiger partial charge in [-0.1, -0.05) is 29.8 Å². The van der Waals surface area contributed by atoms with Crippen molar-refractivity contribution in [3.8, 4) is 11.4 Å². The summed E-state index contributed by atoms with van der Waals surface area (Å²) in [5, 5.41) is 9.79. The van der Waals surface area contributed by atoms with Crippen molar-refractivity contribution < 1.29 is 9.90 Å². The molecule has 0 fully saturated rings. The molecule has 0 unspecified atom stereocenters. The molecule has 0 spiro atoms. The summed E-state index contributed by atoms with van der Waals surface area (Å²) < 4.78 is 0. The maximum Gasteiger partial charge on any atom is 0.335 e. The molecular weight excluding hydrogens is 340 g/mol.